The molecule has 9 aliphatic rings. The lowest BCUT2D eigenvalue weighted by molar-refractivity contribution is -0.131. The van der Waals surface area contributed by atoms with E-state index in [2.05, 4.69) is 65.6 Å². The predicted molar refractivity (Wildman–Crippen MR) is 569 cm³/mol. The lowest BCUT2D eigenvalue weighted by Crippen LogP contribution is -2.45. The number of nitrogens with zero attached hydrogens (tertiary/aromatic N) is 10. The van der Waals surface area contributed by atoms with Crippen LogP contribution in [0.4, 0.5) is 4.79 Å². The quantitative estimate of drug-likeness (QED) is 0.0375. The second-order valence-corrected chi connectivity index (χ2v) is 45.5. The Balaban J connectivity index is 0.000000155. The minimum atomic E-state index is -3.97. The second-order valence-electron chi connectivity index (χ2n) is 38.9. The zero-order valence-electron chi connectivity index (χ0n) is 85.8. The first kappa shape index (κ1) is 110. The Morgan fingerprint density at radius 3 is 0.904 bits per heavy atom. The number of hydrogen-bond donors (Lipinski definition) is 5. The number of carboxylic acid groups (broad SMARTS) is 1. The molecule has 6 amide bonds. The van der Waals surface area contributed by atoms with Crippen molar-refractivity contribution in [2.24, 2.45) is 5.14 Å². The summed E-state index contributed by atoms with van der Waals surface area (Å²) >= 11 is 0. The summed E-state index contributed by atoms with van der Waals surface area (Å²) in [7, 11) is -15.2. The largest absolute Gasteiger partial charge is 0.478 e. The first-order valence-electron chi connectivity index (χ1n) is 51.6. The molecule has 18 rings (SSSR count). The molecule has 9 aromatic rings. The van der Waals surface area contributed by atoms with Gasteiger partial charge in [0.15, 0.2) is 0 Å². The zero-order chi connectivity index (χ0) is 105. The van der Waals surface area contributed by atoms with E-state index in [0.29, 0.717) is 154 Å². The fourth-order valence-corrected chi connectivity index (χ4v) is 25.7. The number of amides is 6. The van der Waals surface area contributed by atoms with Crippen molar-refractivity contribution in [1.29, 1.82) is 0 Å². The van der Waals surface area contributed by atoms with Gasteiger partial charge in [0.25, 0.3) is 39.7 Å². The third-order valence-electron chi connectivity index (χ3n) is 28.7. The maximum atomic E-state index is 13.9. The molecule has 0 spiro atoms. The van der Waals surface area contributed by atoms with E-state index >= 15 is 0 Å². The van der Waals surface area contributed by atoms with Crippen LogP contribution < -0.4 is 19.3 Å². The molecule has 3 saturated heterocycles. The molecule has 0 radical (unpaired) electrons. The first-order chi connectivity index (χ1) is 69.9. The summed E-state index contributed by atoms with van der Waals surface area (Å²) in [5, 5.41) is 17.8. The van der Waals surface area contributed by atoms with Gasteiger partial charge in [-0.1, -0.05) is 204 Å². The number of carboxylic acids is 1. The molecule has 6 N–H and O–H groups in total. The van der Waals surface area contributed by atoms with Crippen LogP contribution in [0.2, 0.25) is 0 Å². The topological polar surface area (TPSA) is 413 Å². The molecule has 38 heteroatoms. The lowest BCUT2D eigenvalue weighted by atomic mass is 9.81. The molecular weight excluding hydrogens is 1940 g/mol. The Bertz CT molecular complexity index is 6620. The Morgan fingerprint density at radius 1 is 0.377 bits per heavy atom. The van der Waals surface area contributed by atoms with Crippen LogP contribution in [0.1, 0.15) is 255 Å². The summed E-state index contributed by atoms with van der Waals surface area (Å²) in [4.78, 5) is 96.8. The van der Waals surface area contributed by atoms with Crippen LogP contribution in [0, 0.1) is 0 Å². The van der Waals surface area contributed by atoms with E-state index in [0.717, 1.165) is 132 Å². The van der Waals surface area contributed by atoms with E-state index in [9.17, 15) is 72.3 Å². The van der Waals surface area contributed by atoms with E-state index in [1.54, 1.807) is 113 Å². The van der Waals surface area contributed by atoms with E-state index in [1.165, 1.54) is 87.4 Å². The van der Waals surface area contributed by atoms with Gasteiger partial charge in [-0.05, 0) is 165 Å². The number of hydrogen-bond acceptors (Lipinski definition) is 19. The smallest absolute Gasteiger partial charge is 0.422 e. The van der Waals surface area contributed by atoms with Crippen LogP contribution >= 0.6 is 0 Å². The van der Waals surface area contributed by atoms with Crippen molar-refractivity contribution in [1.82, 2.24) is 59.8 Å². The van der Waals surface area contributed by atoms with Crippen molar-refractivity contribution in [3.05, 3.63) is 194 Å². The Hall–Kier alpha value is -11.3. The summed E-state index contributed by atoms with van der Waals surface area (Å²) < 4.78 is 135. The Morgan fingerprint density at radius 2 is 0.644 bits per heavy atom. The number of nitrogens with one attached hydrogen (secondary N) is 3. The Labute approximate surface area is 858 Å². The molecular formula is C108H142N14O20S4. The van der Waals surface area contributed by atoms with Crippen LogP contribution in [0.3, 0.4) is 0 Å². The lowest BCUT2D eigenvalue weighted by Gasteiger charge is -2.28. The van der Waals surface area contributed by atoms with Crippen molar-refractivity contribution < 1.29 is 91.3 Å². The fourth-order valence-electron chi connectivity index (χ4n) is 21.6. The monoisotopic (exact) mass is 2080 g/mol. The number of ether oxygens (including phenoxy) is 4. The van der Waals surface area contributed by atoms with Gasteiger partial charge in [0.1, 0.15) is 5.60 Å². The number of carbonyl (C=O) groups excluding carboxylic acids is 6. The average Bonchev–Trinajstić information content (AvgIpc) is 1.58. The molecule has 0 bridgehead atoms. The van der Waals surface area contributed by atoms with Crippen molar-refractivity contribution in [2.45, 2.75) is 215 Å². The molecule has 9 heterocycles. The maximum Gasteiger partial charge on any atom is 0.422 e. The third-order valence-corrected chi connectivity index (χ3v) is 34.9. The normalized spacial score (nSPS) is 17.0. The fraction of sp³-hybridized carbons (Fsp3) is 0.491. The predicted octanol–water partition coefficient (Wildman–Crippen LogP) is 15.8. The third kappa shape index (κ3) is 25.5. The van der Waals surface area contributed by atoms with E-state index < -0.39 is 70.3 Å². The highest BCUT2D eigenvalue weighted by atomic mass is 32.2. The minimum Gasteiger partial charge on any atom is -0.478 e. The van der Waals surface area contributed by atoms with Crippen molar-refractivity contribution in [3.63, 3.8) is 0 Å². The number of aromatic carboxylic acids is 1. The second kappa shape index (κ2) is 48.8. The van der Waals surface area contributed by atoms with Crippen LogP contribution in [-0.2, 0) is 93.8 Å². The SMILES string of the molecule is CCN(CC)S(=O)(=O)NC(=O)OC(C)(C)C.CCN(CC)S(=O)(=O)NC(=O)c1ccc2c(C3CCCCC3)c3n(c2c1)CC(C(=O)N1CCOCC1)=Cc1ccccc1-3.CCN(CC)S(=O)(=O)NC(=O)c1ccc2c(C3CCCCC3)c3n(c2c1)CC(C(=O)N1CCOCC1)=Cc1ccccc1-3.CCN(CC)S(N)(=O)=O.O=C(O)c1ccc2c(C3CCCCC3)c3n(c2c1)CC(C(=O)N1CCOCC1)=Cc1ccccc1-3. The number of fused-ring (bicyclic) bond motifs is 15. The van der Waals surface area contributed by atoms with Gasteiger partial charge >= 0.3 is 42.7 Å². The summed E-state index contributed by atoms with van der Waals surface area (Å²) in [5.41, 5.74) is 18.2. The highest BCUT2D eigenvalue weighted by Gasteiger charge is 2.39. The first-order valence-corrected chi connectivity index (χ1v) is 57.4. The number of benzene rings is 6. The molecule has 146 heavy (non-hydrogen) atoms. The molecule has 0 unspecified atom stereocenters. The summed E-state index contributed by atoms with van der Waals surface area (Å²) in [6.07, 6.45) is 22.6. The van der Waals surface area contributed by atoms with Gasteiger partial charge in [-0.2, -0.15) is 50.9 Å². The van der Waals surface area contributed by atoms with Gasteiger partial charge in [0, 0.05) is 169 Å². The van der Waals surface area contributed by atoms with Gasteiger partial charge in [0.05, 0.1) is 81.9 Å². The van der Waals surface area contributed by atoms with Gasteiger partial charge in [-0.25, -0.2) is 28.9 Å². The number of morpholine rings is 3. The summed E-state index contributed by atoms with van der Waals surface area (Å²) in [6.45, 7) is 29.1. The van der Waals surface area contributed by atoms with Crippen LogP contribution in [0.15, 0.2) is 144 Å². The average molecular weight is 2080 g/mol. The Kier molecular flexibility index (Phi) is 36.9. The van der Waals surface area contributed by atoms with Crippen LogP contribution in [0.25, 0.3) is 84.7 Å². The summed E-state index contributed by atoms with van der Waals surface area (Å²) in [5.74, 6) is -1.10. The van der Waals surface area contributed by atoms with E-state index in [-0.39, 0.29) is 60.6 Å². The van der Waals surface area contributed by atoms with E-state index in [4.69, 9.17) is 24.1 Å². The molecule has 34 nitrogen and oxygen atoms in total. The number of rotatable bonds is 24. The molecule has 3 saturated carbocycles. The molecule has 6 fully saturated rings. The van der Waals surface area contributed by atoms with Gasteiger partial charge in [-0.15, -0.1) is 0 Å². The van der Waals surface area contributed by atoms with Crippen LogP contribution in [0.5, 0.6) is 0 Å². The highest BCUT2D eigenvalue weighted by molar-refractivity contribution is 7.88. The maximum absolute atomic E-state index is 13.9. The number of aromatic nitrogens is 3. The molecule has 6 aromatic carbocycles. The van der Waals surface area contributed by atoms with Crippen molar-refractivity contribution in [2.75, 3.05) is 131 Å². The minimum absolute atomic E-state index is 0.00812. The molecule has 6 aliphatic heterocycles. The van der Waals surface area contributed by atoms with Gasteiger partial charge < -0.3 is 52.5 Å². The van der Waals surface area contributed by atoms with Crippen LogP contribution in [-0.4, -0.2) is 263 Å². The number of nitrogens with two attached hydrogens (primary N) is 1. The summed E-state index contributed by atoms with van der Waals surface area (Å²) in [6, 6.07) is 41.2. The molecule has 788 valence electrons. The standard InChI is InChI=1S/2C33H40N4O5S.C29H30N2O4.C9H20N2O4S.C4H12N2O2S/c2*1-3-36(4-2)43(40,41)34-32(38)25-14-15-28-29(21-25)37-22-26(33(39)35-16-18-42-19-17-35)20-24-12-8-9-13-27(24)31(37)30(28)23-10-6-5-7-11-23;32-28(30-12-14-35-15-13-30)22-16-20-8-4-5-9-23(20)27-26(19-6-2-1-3-7-19)24-11-10-21(29(33)34)17-25(24)31(27)18-22;1-6-11(7-2)16(13,14)10-8(12)15-9(3,4)5;1-3-6(4-2)9(5,7)8/h2*8-9,12-15,20-21,23H,3-7,10-11,16-19,22H2,1-2H3,(H,34,38);4-5,8-11,16-17,19H,1-3,6-7,12-15,18H2,(H,33,34);6-7H2,1-5H3,(H,10,12);3-4H2,1-2H3,(H2,5,7,8). The number of carbonyl (C=O) groups is 7. The van der Waals surface area contributed by atoms with E-state index in [1.807, 2.05) is 86.2 Å². The van der Waals surface area contributed by atoms with Crippen molar-refractivity contribution in [3.8, 4) is 33.8 Å². The van der Waals surface area contributed by atoms with Gasteiger partial charge in [0.2, 0.25) is 0 Å². The molecule has 3 aromatic heterocycles. The van der Waals surface area contributed by atoms with Gasteiger partial charge in [-0.3, -0.25) is 24.0 Å². The highest BCUT2D eigenvalue weighted by Crippen LogP contribution is 2.51. The zero-order valence-corrected chi connectivity index (χ0v) is 89.1. The van der Waals surface area contributed by atoms with Crippen molar-refractivity contribution >= 4 is 133 Å². The molecule has 0 atom stereocenters. The molecule has 3 aliphatic carbocycles.